The van der Waals surface area contributed by atoms with Crippen LogP contribution in [0.2, 0.25) is 5.02 Å². The number of amides is 1. The molecule has 0 unspecified atom stereocenters. The second-order valence-electron chi connectivity index (χ2n) is 4.77. The normalized spacial score (nSPS) is 13.0. The van der Waals surface area contributed by atoms with Crippen molar-refractivity contribution in [2.75, 3.05) is 19.8 Å². The zero-order chi connectivity index (χ0) is 15.4. The molecule has 2 heterocycles. The van der Waals surface area contributed by atoms with Crippen LogP contribution in [0.1, 0.15) is 22.6 Å². The van der Waals surface area contributed by atoms with Gasteiger partial charge in [0, 0.05) is 18.5 Å². The zero-order valence-corrected chi connectivity index (χ0v) is 12.5. The van der Waals surface area contributed by atoms with Crippen molar-refractivity contribution in [1.82, 2.24) is 20.5 Å². The molecule has 0 saturated heterocycles. The van der Waals surface area contributed by atoms with Gasteiger partial charge in [0.05, 0.1) is 5.02 Å². The first-order chi connectivity index (χ1) is 10.7. The highest BCUT2D eigenvalue weighted by Crippen LogP contribution is 2.38. The fraction of sp³-hybridized carbons (Fsp3) is 0.357. The van der Waals surface area contributed by atoms with E-state index in [0.717, 1.165) is 18.7 Å². The Labute approximate surface area is 132 Å². The zero-order valence-electron chi connectivity index (χ0n) is 11.8. The molecule has 0 atom stereocenters. The number of rotatable bonds is 5. The molecule has 1 aromatic heterocycles. The summed E-state index contributed by atoms with van der Waals surface area (Å²) in [6.07, 6.45) is 2.95. The quantitative estimate of drug-likeness (QED) is 0.816. The second kappa shape index (κ2) is 6.65. The Bertz CT molecular complexity index is 660. The van der Waals surface area contributed by atoms with Crippen LogP contribution < -0.4 is 14.8 Å². The van der Waals surface area contributed by atoms with Crippen LogP contribution in [0.5, 0.6) is 11.5 Å². The van der Waals surface area contributed by atoms with Crippen LogP contribution >= 0.6 is 11.6 Å². The molecule has 1 aliphatic rings. The van der Waals surface area contributed by atoms with Gasteiger partial charge in [-0.05, 0) is 18.6 Å². The lowest BCUT2D eigenvalue weighted by molar-refractivity contribution is 0.0952. The number of hydrogen-bond acceptors (Lipinski definition) is 5. The van der Waals surface area contributed by atoms with E-state index in [1.165, 1.54) is 6.33 Å². The SMILES string of the molecule is O=C(NCCCc1ncn[nH]1)c1cc(Cl)c2c(c1)OCCO2. The molecule has 3 rings (SSSR count). The number of benzene rings is 1. The smallest absolute Gasteiger partial charge is 0.251 e. The molecule has 2 aromatic rings. The van der Waals surface area contributed by atoms with Gasteiger partial charge in [0.25, 0.3) is 5.91 Å². The van der Waals surface area contributed by atoms with Crippen molar-refractivity contribution in [2.24, 2.45) is 0 Å². The summed E-state index contributed by atoms with van der Waals surface area (Å²) in [7, 11) is 0. The third kappa shape index (κ3) is 3.30. The lowest BCUT2D eigenvalue weighted by atomic mass is 10.1. The minimum absolute atomic E-state index is 0.198. The number of nitrogens with zero attached hydrogens (tertiary/aromatic N) is 2. The van der Waals surface area contributed by atoms with Crippen molar-refractivity contribution < 1.29 is 14.3 Å². The third-order valence-electron chi connectivity index (χ3n) is 3.20. The molecule has 0 spiro atoms. The van der Waals surface area contributed by atoms with Crippen molar-refractivity contribution in [3.8, 4) is 11.5 Å². The average molecular weight is 323 g/mol. The van der Waals surface area contributed by atoms with Crippen LogP contribution in [0.25, 0.3) is 0 Å². The standard InChI is InChI=1S/C14H15ClN4O3/c15-10-6-9(7-11-13(10)22-5-4-21-11)14(20)16-3-1-2-12-17-8-18-19-12/h6-8H,1-5H2,(H,16,20)(H,17,18,19). The summed E-state index contributed by atoms with van der Waals surface area (Å²) in [6, 6.07) is 3.23. The first-order valence-corrected chi connectivity index (χ1v) is 7.33. The maximum Gasteiger partial charge on any atom is 0.251 e. The van der Waals surface area contributed by atoms with Crippen LogP contribution in [0, 0.1) is 0 Å². The molecular weight excluding hydrogens is 308 g/mol. The minimum atomic E-state index is -0.198. The van der Waals surface area contributed by atoms with E-state index in [0.29, 0.717) is 41.8 Å². The maximum absolute atomic E-state index is 12.1. The van der Waals surface area contributed by atoms with Crippen molar-refractivity contribution in [2.45, 2.75) is 12.8 Å². The largest absolute Gasteiger partial charge is 0.486 e. The Balaban J connectivity index is 1.56. The summed E-state index contributed by atoms with van der Waals surface area (Å²) >= 11 is 6.12. The van der Waals surface area contributed by atoms with Gasteiger partial charge in [0.2, 0.25) is 0 Å². The average Bonchev–Trinajstić information content (AvgIpc) is 3.04. The van der Waals surface area contributed by atoms with E-state index in [2.05, 4.69) is 20.5 Å². The number of H-pyrrole nitrogens is 1. The molecule has 0 aliphatic carbocycles. The van der Waals surface area contributed by atoms with E-state index in [4.69, 9.17) is 21.1 Å². The fourth-order valence-electron chi connectivity index (χ4n) is 2.15. The minimum Gasteiger partial charge on any atom is -0.486 e. The summed E-state index contributed by atoms with van der Waals surface area (Å²) in [6.45, 7) is 1.44. The summed E-state index contributed by atoms with van der Waals surface area (Å²) in [5.74, 6) is 1.61. The van der Waals surface area contributed by atoms with E-state index in [9.17, 15) is 4.79 Å². The van der Waals surface area contributed by atoms with Crippen LogP contribution in [-0.4, -0.2) is 40.8 Å². The molecule has 116 valence electrons. The molecule has 2 N–H and O–H groups in total. The molecule has 1 aromatic carbocycles. The molecule has 8 heteroatoms. The molecule has 0 radical (unpaired) electrons. The van der Waals surface area contributed by atoms with Gasteiger partial charge < -0.3 is 14.8 Å². The van der Waals surface area contributed by atoms with E-state index < -0.39 is 0 Å². The number of aryl methyl sites for hydroxylation is 1. The van der Waals surface area contributed by atoms with Gasteiger partial charge in [0.15, 0.2) is 11.5 Å². The lowest BCUT2D eigenvalue weighted by Crippen LogP contribution is -2.25. The summed E-state index contributed by atoms with van der Waals surface area (Å²) in [5, 5.41) is 9.77. The molecule has 7 nitrogen and oxygen atoms in total. The van der Waals surface area contributed by atoms with Crippen LogP contribution in [-0.2, 0) is 6.42 Å². The Morgan fingerprint density at radius 1 is 1.36 bits per heavy atom. The van der Waals surface area contributed by atoms with Gasteiger partial charge in [-0.25, -0.2) is 4.98 Å². The fourth-order valence-corrected chi connectivity index (χ4v) is 2.42. The van der Waals surface area contributed by atoms with Crippen molar-refractivity contribution in [3.63, 3.8) is 0 Å². The van der Waals surface area contributed by atoms with E-state index in [1.807, 2.05) is 0 Å². The van der Waals surface area contributed by atoms with Gasteiger partial charge in [-0.1, -0.05) is 11.6 Å². The summed E-state index contributed by atoms with van der Waals surface area (Å²) in [4.78, 5) is 16.2. The Morgan fingerprint density at radius 3 is 3.05 bits per heavy atom. The molecule has 22 heavy (non-hydrogen) atoms. The van der Waals surface area contributed by atoms with Crippen molar-refractivity contribution in [1.29, 1.82) is 0 Å². The van der Waals surface area contributed by atoms with E-state index in [-0.39, 0.29) is 5.91 Å². The summed E-state index contributed by atoms with van der Waals surface area (Å²) < 4.78 is 10.9. The number of fused-ring (bicyclic) bond motifs is 1. The van der Waals surface area contributed by atoms with Gasteiger partial charge >= 0.3 is 0 Å². The highest BCUT2D eigenvalue weighted by Gasteiger charge is 2.19. The van der Waals surface area contributed by atoms with Crippen LogP contribution in [0.4, 0.5) is 0 Å². The van der Waals surface area contributed by atoms with Crippen molar-refractivity contribution in [3.05, 3.63) is 34.9 Å². The monoisotopic (exact) mass is 322 g/mol. The number of hydrogen-bond donors (Lipinski definition) is 2. The van der Waals surface area contributed by atoms with Crippen molar-refractivity contribution >= 4 is 17.5 Å². The molecule has 1 aliphatic heterocycles. The highest BCUT2D eigenvalue weighted by molar-refractivity contribution is 6.32. The number of ether oxygens (including phenoxy) is 2. The molecular formula is C14H15ClN4O3. The number of nitrogens with one attached hydrogen (secondary N) is 2. The second-order valence-corrected chi connectivity index (χ2v) is 5.18. The number of carbonyl (C=O) groups is 1. The Hall–Kier alpha value is -2.28. The van der Waals surface area contributed by atoms with Gasteiger partial charge in [0.1, 0.15) is 25.4 Å². The topological polar surface area (TPSA) is 89.1 Å². The van der Waals surface area contributed by atoms with Crippen LogP contribution in [0.15, 0.2) is 18.5 Å². The predicted octanol–water partition coefficient (Wildman–Crippen LogP) is 1.59. The molecule has 0 fully saturated rings. The highest BCUT2D eigenvalue weighted by atomic mass is 35.5. The van der Waals surface area contributed by atoms with E-state index in [1.54, 1.807) is 12.1 Å². The number of carbonyl (C=O) groups excluding carboxylic acids is 1. The predicted molar refractivity (Wildman–Crippen MR) is 79.5 cm³/mol. The number of aromatic nitrogens is 3. The number of aromatic amines is 1. The Kier molecular flexibility index (Phi) is 4.43. The molecule has 0 bridgehead atoms. The summed E-state index contributed by atoms with van der Waals surface area (Å²) in [5.41, 5.74) is 0.453. The molecule has 0 saturated carbocycles. The first kappa shape index (κ1) is 14.6. The lowest BCUT2D eigenvalue weighted by Gasteiger charge is -2.20. The van der Waals surface area contributed by atoms with Gasteiger partial charge in [-0.2, -0.15) is 5.10 Å². The first-order valence-electron chi connectivity index (χ1n) is 6.95. The van der Waals surface area contributed by atoms with Crippen LogP contribution in [0.3, 0.4) is 0 Å². The molecule has 1 amide bonds. The maximum atomic E-state index is 12.1. The Morgan fingerprint density at radius 2 is 2.23 bits per heavy atom. The number of halogens is 1. The van der Waals surface area contributed by atoms with Gasteiger partial charge in [-0.15, -0.1) is 0 Å². The van der Waals surface area contributed by atoms with Gasteiger partial charge in [-0.3, -0.25) is 9.89 Å². The van der Waals surface area contributed by atoms with E-state index >= 15 is 0 Å². The third-order valence-corrected chi connectivity index (χ3v) is 3.48.